The third-order valence-corrected chi connectivity index (χ3v) is 6.90. The van der Waals surface area contributed by atoms with Gasteiger partial charge in [-0.2, -0.15) is 13.2 Å². The summed E-state index contributed by atoms with van der Waals surface area (Å²) in [5.41, 5.74) is -0.540. The molecular weight excluding hydrogens is 415 g/mol. The monoisotopic (exact) mass is 445 g/mol. The molecule has 2 atom stereocenters. The van der Waals surface area contributed by atoms with Gasteiger partial charge < -0.3 is 9.47 Å². The highest BCUT2D eigenvalue weighted by molar-refractivity contribution is 7.98. The Hall–Kier alpha value is -1.25. The first-order chi connectivity index (χ1) is 14.3. The van der Waals surface area contributed by atoms with Crippen LogP contribution < -0.4 is 4.74 Å². The number of nitrogens with zero attached hydrogens (tertiary/aromatic N) is 1. The Bertz CT molecular complexity index is 710. The molecule has 2 aliphatic heterocycles. The largest absolute Gasteiger partial charge is 0.496 e. The second-order valence-corrected chi connectivity index (χ2v) is 8.85. The molecule has 0 saturated carbocycles. The van der Waals surface area contributed by atoms with Crippen LogP contribution in [0.4, 0.5) is 13.2 Å². The molecule has 168 valence electrons. The molecular formula is C22H30F3NO3S. The van der Waals surface area contributed by atoms with Crippen molar-refractivity contribution in [2.75, 3.05) is 39.7 Å². The predicted octanol–water partition coefficient (Wildman–Crippen LogP) is 5.29. The number of benzene rings is 1. The fourth-order valence-electron chi connectivity index (χ4n) is 4.62. The van der Waals surface area contributed by atoms with Crippen molar-refractivity contribution in [3.8, 4) is 5.75 Å². The van der Waals surface area contributed by atoms with Crippen molar-refractivity contribution >= 4 is 17.5 Å². The predicted molar refractivity (Wildman–Crippen MR) is 111 cm³/mol. The average Bonchev–Trinajstić information content (AvgIpc) is 3.27. The third-order valence-electron chi connectivity index (χ3n) is 6.13. The summed E-state index contributed by atoms with van der Waals surface area (Å²) >= 11 is 1.13. The highest BCUT2D eigenvalue weighted by Crippen LogP contribution is 2.39. The van der Waals surface area contributed by atoms with Gasteiger partial charge in [0.15, 0.2) is 5.78 Å². The molecule has 0 amide bonds. The van der Waals surface area contributed by atoms with Gasteiger partial charge in [0.05, 0.1) is 24.8 Å². The Morgan fingerprint density at radius 2 is 2.03 bits per heavy atom. The summed E-state index contributed by atoms with van der Waals surface area (Å²) in [5.74, 6) is 0.230. The zero-order valence-electron chi connectivity index (χ0n) is 17.6. The normalized spacial score (nSPS) is 23.0. The highest BCUT2D eigenvalue weighted by atomic mass is 32.2. The number of hydrogen-bond donors (Lipinski definition) is 0. The van der Waals surface area contributed by atoms with E-state index < -0.39 is 11.7 Å². The summed E-state index contributed by atoms with van der Waals surface area (Å²) in [6.45, 7) is 3.78. The third kappa shape index (κ3) is 5.51. The van der Waals surface area contributed by atoms with Gasteiger partial charge in [-0.3, -0.25) is 9.69 Å². The minimum Gasteiger partial charge on any atom is -0.496 e. The first-order valence-corrected chi connectivity index (χ1v) is 11.8. The van der Waals surface area contributed by atoms with Crippen LogP contribution in [0.1, 0.15) is 54.4 Å². The van der Waals surface area contributed by atoms with Crippen LogP contribution in [-0.2, 0) is 10.9 Å². The van der Waals surface area contributed by atoms with Gasteiger partial charge in [0.25, 0.3) is 0 Å². The molecule has 4 nitrogen and oxygen atoms in total. The number of rotatable bonds is 8. The zero-order chi connectivity index (χ0) is 21.7. The Kier molecular flexibility index (Phi) is 8.10. The minimum absolute atomic E-state index is 0.00452. The number of likely N-dealkylation sites (tertiary alicyclic amines) is 1. The maximum Gasteiger partial charge on any atom is 0.416 e. The maximum absolute atomic E-state index is 13.2. The Morgan fingerprint density at radius 3 is 2.67 bits per heavy atom. The average molecular weight is 446 g/mol. The van der Waals surface area contributed by atoms with Gasteiger partial charge in [-0.1, -0.05) is 0 Å². The summed E-state index contributed by atoms with van der Waals surface area (Å²) < 4.78 is 50.3. The summed E-state index contributed by atoms with van der Waals surface area (Å²) in [6, 6.07) is 2.48. The number of carbonyl (C=O) groups excluding carboxylic acids is 1. The van der Waals surface area contributed by atoms with Crippen molar-refractivity contribution in [3.63, 3.8) is 0 Å². The molecule has 0 bridgehead atoms. The van der Waals surface area contributed by atoms with E-state index in [2.05, 4.69) is 4.90 Å². The molecule has 0 radical (unpaired) electrons. The fraction of sp³-hybridized carbons (Fsp3) is 0.682. The molecule has 0 aliphatic carbocycles. The second-order valence-electron chi connectivity index (χ2n) is 8.00. The smallest absolute Gasteiger partial charge is 0.416 e. The van der Waals surface area contributed by atoms with Crippen molar-refractivity contribution < 1.29 is 27.4 Å². The summed E-state index contributed by atoms with van der Waals surface area (Å²) in [7, 11) is 1.30. The number of carbonyl (C=O) groups is 1. The summed E-state index contributed by atoms with van der Waals surface area (Å²) in [6.07, 6.45) is 2.57. The highest BCUT2D eigenvalue weighted by Gasteiger charge is 2.34. The summed E-state index contributed by atoms with van der Waals surface area (Å²) in [4.78, 5) is 15.8. The lowest BCUT2D eigenvalue weighted by Crippen LogP contribution is -2.44. The lowest BCUT2D eigenvalue weighted by Gasteiger charge is -2.38. The molecule has 1 aromatic carbocycles. The van der Waals surface area contributed by atoms with Gasteiger partial charge in [0.1, 0.15) is 5.75 Å². The van der Waals surface area contributed by atoms with Crippen LogP contribution >= 0.6 is 11.8 Å². The molecule has 8 heteroatoms. The number of halogens is 3. The van der Waals surface area contributed by atoms with Crippen LogP contribution in [0.2, 0.25) is 0 Å². The van der Waals surface area contributed by atoms with Crippen LogP contribution in [0.15, 0.2) is 17.0 Å². The fourth-order valence-corrected chi connectivity index (χ4v) is 5.28. The Labute approximate surface area is 180 Å². The van der Waals surface area contributed by atoms with E-state index in [1.807, 2.05) is 0 Å². The molecule has 2 heterocycles. The molecule has 0 aromatic heterocycles. The number of methoxy groups -OCH3 is 1. The molecule has 1 aromatic rings. The van der Waals surface area contributed by atoms with Gasteiger partial charge >= 0.3 is 6.18 Å². The van der Waals surface area contributed by atoms with Crippen molar-refractivity contribution in [1.82, 2.24) is 4.90 Å². The molecule has 2 aliphatic rings. The van der Waals surface area contributed by atoms with E-state index in [4.69, 9.17) is 9.47 Å². The number of Topliss-reactive ketones (excluding diaryl/α,β-unsaturated/α-hetero) is 1. The molecule has 0 unspecified atom stereocenters. The maximum atomic E-state index is 13.2. The van der Waals surface area contributed by atoms with E-state index in [0.717, 1.165) is 63.0 Å². The van der Waals surface area contributed by atoms with Crippen LogP contribution in [0.3, 0.4) is 0 Å². The molecule has 3 rings (SSSR count). The number of ether oxygens (including phenoxy) is 2. The summed E-state index contributed by atoms with van der Waals surface area (Å²) in [5, 5.41) is 0. The van der Waals surface area contributed by atoms with Crippen molar-refractivity contribution in [1.29, 1.82) is 0 Å². The molecule has 2 saturated heterocycles. The topological polar surface area (TPSA) is 38.8 Å². The molecule has 30 heavy (non-hydrogen) atoms. The van der Waals surface area contributed by atoms with E-state index in [9.17, 15) is 18.0 Å². The van der Waals surface area contributed by atoms with Gasteiger partial charge in [0.2, 0.25) is 0 Å². The molecule has 2 fully saturated rings. The lowest BCUT2D eigenvalue weighted by molar-refractivity contribution is -0.137. The van der Waals surface area contributed by atoms with E-state index in [-0.39, 0.29) is 17.1 Å². The standard InChI is InChI=1S/C22H30F3NO3S/c1-28-19-12-16(22(23,24)25)13-20(30-2)21(19)18(27)7-5-6-15-14-29-11-8-17(15)26-9-3-4-10-26/h12-13,15,17H,3-11,14H2,1-2H3/t15-,17-/m0/s1. The van der Waals surface area contributed by atoms with E-state index in [1.54, 1.807) is 6.26 Å². The Morgan fingerprint density at radius 1 is 1.30 bits per heavy atom. The van der Waals surface area contributed by atoms with Gasteiger partial charge in [-0.25, -0.2) is 0 Å². The second kappa shape index (κ2) is 10.4. The van der Waals surface area contributed by atoms with Crippen molar-refractivity contribution in [3.05, 3.63) is 23.3 Å². The zero-order valence-corrected chi connectivity index (χ0v) is 18.4. The number of hydrogen-bond acceptors (Lipinski definition) is 5. The van der Waals surface area contributed by atoms with Crippen LogP contribution in [0.25, 0.3) is 0 Å². The quantitative estimate of drug-likeness (QED) is 0.402. The van der Waals surface area contributed by atoms with Crippen LogP contribution in [-0.4, -0.2) is 56.4 Å². The van der Waals surface area contributed by atoms with Crippen molar-refractivity contribution in [2.24, 2.45) is 5.92 Å². The van der Waals surface area contributed by atoms with Crippen molar-refractivity contribution in [2.45, 2.75) is 55.6 Å². The van der Waals surface area contributed by atoms with Gasteiger partial charge in [-0.05, 0) is 69.5 Å². The SMILES string of the molecule is COc1cc(C(F)(F)F)cc(SC)c1C(=O)CCC[C@H]1COCC[C@@H]1N1CCCC1. The van der Waals surface area contributed by atoms with Crippen LogP contribution in [0.5, 0.6) is 5.75 Å². The van der Waals surface area contributed by atoms with E-state index in [0.29, 0.717) is 29.7 Å². The van der Waals surface area contributed by atoms with E-state index >= 15 is 0 Å². The van der Waals surface area contributed by atoms with Crippen LogP contribution in [0, 0.1) is 5.92 Å². The number of alkyl halides is 3. The molecule has 0 spiro atoms. The van der Waals surface area contributed by atoms with E-state index in [1.165, 1.54) is 20.0 Å². The Balaban J connectivity index is 1.66. The number of thioether (sulfide) groups is 1. The van der Waals surface area contributed by atoms with Gasteiger partial charge in [0, 0.05) is 24.0 Å². The lowest BCUT2D eigenvalue weighted by atomic mass is 9.89. The van der Waals surface area contributed by atoms with Gasteiger partial charge in [-0.15, -0.1) is 11.8 Å². The first kappa shape index (κ1) is 23.4. The minimum atomic E-state index is -4.48. The first-order valence-electron chi connectivity index (χ1n) is 10.5. The molecule has 0 N–H and O–H groups in total. The number of ketones is 1.